The van der Waals surface area contributed by atoms with Crippen LogP contribution in [0.25, 0.3) is 0 Å². The first-order chi connectivity index (χ1) is 18.5. The van der Waals surface area contributed by atoms with Crippen molar-refractivity contribution >= 4 is 22.1 Å². The van der Waals surface area contributed by atoms with E-state index in [2.05, 4.69) is 4.18 Å². The zero-order chi connectivity index (χ0) is 29.3. The van der Waals surface area contributed by atoms with Gasteiger partial charge in [0.15, 0.2) is 5.60 Å². The fraction of sp³-hybridized carbons (Fsp3) is 0.259. The summed E-state index contributed by atoms with van der Waals surface area (Å²) in [6.45, 7) is 5.16. The van der Waals surface area contributed by atoms with Crippen LogP contribution in [0.2, 0.25) is 0 Å². The average molecular weight is 579 g/mol. The van der Waals surface area contributed by atoms with E-state index in [1.807, 2.05) is 0 Å². The third-order valence-electron chi connectivity index (χ3n) is 6.08. The summed E-state index contributed by atoms with van der Waals surface area (Å²) < 4.78 is 83.2. The standard InChI is InChI=1S/C27H21F3O9S/c1-25(2,3)37-23(32)11-14-4-7-17-20(10-14)26(38-24(17)33)18-8-5-15(31)12-21(18)36-22-13-16(6-9-19(22)26)39-40(34,35)27(28,29)30/h4-10,12-13,31H,11H2,1-3H3. The van der Waals surface area contributed by atoms with Crippen LogP contribution < -0.4 is 8.92 Å². The van der Waals surface area contributed by atoms with Crippen molar-refractivity contribution in [2.24, 2.45) is 0 Å². The molecule has 0 saturated carbocycles. The van der Waals surface area contributed by atoms with E-state index < -0.39 is 44.5 Å². The highest BCUT2D eigenvalue weighted by Crippen LogP contribution is 2.57. The summed E-state index contributed by atoms with van der Waals surface area (Å²) in [4.78, 5) is 25.6. The SMILES string of the molecule is CC(C)(C)OC(=O)Cc1ccc2c(c1)C1(OC2=O)c2ccc(O)cc2Oc2cc(OS(=O)(=O)C(F)(F)F)ccc21. The molecule has 2 aliphatic heterocycles. The molecule has 1 spiro atoms. The molecule has 40 heavy (non-hydrogen) atoms. The monoisotopic (exact) mass is 578 g/mol. The lowest BCUT2D eigenvalue weighted by Crippen LogP contribution is -2.33. The summed E-state index contributed by atoms with van der Waals surface area (Å²) in [5.41, 5.74) is -6.77. The van der Waals surface area contributed by atoms with Crippen molar-refractivity contribution in [3.05, 3.63) is 82.4 Å². The van der Waals surface area contributed by atoms with Gasteiger partial charge in [-0.2, -0.15) is 21.6 Å². The average Bonchev–Trinajstić information content (AvgIpc) is 3.08. The Morgan fingerprint density at radius 3 is 2.25 bits per heavy atom. The summed E-state index contributed by atoms with van der Waals surface area (Å²) in [6, 6.07) is 11.7. The number of carbonyl (C=O) groups is 2. The predicted molar refractivity (Wildman–Crippen MR) is 132 cm³/mol. The van der Waals surface area contributed by atoms with Crippen LogP contribution in [0.4, 0.5) is 13.2 Å². The first-order valence-corrected chi connectivity index (χ1v) is 13.2. The summed E-state index contributed by atoms with van der Waals surface area (Å²) >= 11 is 0. The van der Waals surface area contributed by atoms with Crippen molar-refractivity contribution in [1.29, 1.82) is 0 Å². The Hall–Kier alpha value is -4.26. The van der Waals surface area contributed by atoms with Gasteiger partial charge in [-0.15, -0.1) is 0 Å². The minimum absolute atomic E-state index is 0.0125. The number of aromatic hydroxyl groups is 1. The number of rotatable bonds is 4. The molecule has 0 aliphatic carbocycles. The molecular weight excluding hydrogens is 557 g/mol. The molecule has 0 aromatic heterocycles. The van der Waals surface area contributed by atoms with E-state index in [-0.39, 0.29) is 40.4 Å². The number of hydrogen-bond donors (Lipinski definition) is 1. The highest BCUT2D eigenvalue weighted by atomic mass is 32.2. The second-order valence-electron chi connectivity index (χ2n) is 10.1. The first kappa shape index (κ1) is 27.3. The van der Waals surface area contributed by atoms with Crippen LogP contribution in [0.1, 0.15) is 53.4 Å². The Labute approximate surface area is 226 Å². The fourth-order valence-electron chi connectivity index (χ4n) is 4.62. The second-order valence-corrected chi connectivity index (χ2v) is 11.7. The van der Waals surface area contributed by atoms with Gasteiger partial charge in [-0.05, 0) is 62.7 Å². The summed E-state index contributed by atoms with van der Waals surface area (Å²) in [5, 5.41) is 10.1. The molecule has 2 aliphatic rings. The van der Waals surface area contributed by atoms with Crippen LogP contribution in [-0.4, -0.2) is 36.6 Å². The molecule has 0 saturated heterocycles. The number of benzene rings is 3. The summed E-state index contributed by atoms with van der Waals surface area (Å²) in [5.74, 6) is -2.39. The van der Waals surface area contributed by atoms with E-state index in [1.54, 1.807) is 32.9 Å². The number of halogens is 3. The number of carbonyl (C=O) groups excluding carboxylic acids is 2. The lowest BCUT2D eigenvalue weighted by atomic mass is 9.77. The fourth-order valence-corrected chi connectivity index (χ4v) is 5.07. The Balaban J connectivity index is 1.66. The van der Waals surface area contributed by atoms with Gasteiger partial charge in [0.25, 0.3) is 0 Å². The molecule has 5 rings (SSSR count). The van der Waals surface area contributed by atoms with Gasteiger partial charge in [0.2, 0.25) is 0 Å². The van der Waals surface area contributed by atoms with Crippen molar-refractivity contribution in [3.63, 3.8) is 0 Å². The molecule has 1 N–H and O–H groups in total. The molecule has 0 bridgehead atoms. The van der Waals surface area contributed by atoms with Crippen molar-refractivity contribution < 1.29 is 54.7 Å². The molecule has 0 fully saturated rings. The number of fused-ring (bicyclic) bond motifs is 6. The van der Waals surface area contributed by atoms with E-state index in [0.717, 1.165) is 12.1 Å². The Morgan fingerprint density at radius 2 is 1.60 bits per heavy atom. The number of hydrogen-bond acceptors (Lipinski definition) is 9. The highest BCUT2D eigenvalue weighted by Gasteiger charge is 2.54. The molecule has 13 heteroatoms. The van der Waals surface area contributed by atoms with Gasteiger partial charge >= 0.3 is 27.6 Å². The summed E-state index contributed by atoms with van der Waals surface area (Å²) in [6.07, 6.45) is -0.136. The van der Waals surface area contributed by atoms with Gasteiger partial charge in [-0.25, -0.2) is 4.79 Å². The third kappa shape index (κ3) is 4.59. The van der Waals surface area contributed by atoms with Crippen LogP contribution in [0.15, 0.2) is 54.6 Å². The minimum Gasteiger partial charge on any atom is -0.508 e. The molecular formula is C27H21F3O9S. The van der Waals surface area contributed by atoms with Gasteiger partial charge in [-0.3, -0.25) is 4.79 Å². The second kappa shape index (κ2) is 8.88. The maximum Gasteiger partial charge on any atom is 0.534 e. The topological polar surface area (TPSA) is 125 Å². The lowest BCUT2D eigenvalue weighted by molar-refractivity contribution is -0.153. The Morgan fingerprint density at radius 1 is 0.950 bits per heavy atom. The molecule has 3 aromatic rings. The molecule has 2 heterocycles. The normalized spacial score (nSPS) is 17.8. The van der Waals surface area contributed by atoms with E-state index in [1.165, 1.54) is 30.3 Å². The Kier molecular flexibility index (Phi) is 6.06. The minimum atomic E-state index is -5.98. The van der Waals surface area contributed by atoms with Crippen molar-refractivity contribution in [3.8, 4) is 23.0 Å². The maximum absolute atomic E-state index is 13.1. The van der Waals surface area contributed by atoms with Crippen molar-refractivity contribution in [2.45, 2.75) is 43.9 Å². The van der Waals surface area contributed by atoms with Gasteiger partial charge < -0.3 is 23.5 Å². The Bertz CT molecular complexity index is 1670. The predicted octanol–water partition coefficient (Wildman–Crippen LogP) is 5.07. The van der Waals surface area contributed by atoms with Gasteiger partial charge in [0.1, 0.15) is 28.6 Å². The van der Waals surface area contributed by atoms with Crippen LogP contribution in [-0.2, 0) is 36.4 Å². The number of alkyl halides is 3. The molecule has 0 amide bonds. The number of phenolic OH excluding ortho intramolecular Hbond substituents is 1. The van der Waals surface area contributed by atoms with Gasteiger partial charge in [0, 0.05) is 28.8 Å². The molecule has 3 aromatic carbocycles. The van der Waals surface area contributed by atoms with Gasteiger partial charge in [0.05, 0.1) is 12.0 Å². The largest absolute Gasteiger partial charge is 0.534 e. The zero-order valence-electron chi connectivity index (χ0n) is 21.2. The molecule has 1 atom stereocenters. The van der Waals surface area contributed by atoms with Gasteiger partial charge in [-0.1, -0.05) is 6.07 Å². The highest BCUT2D eigenvalue weighted by molar-refractivity contribution is 7.88. The zero-order valence-corrected chi connectivity index (χ0v) is 22.0. The number of ether oxygens (including phenoxy) is 3. The summed E-state index contributed by atoms with van der Waals surface area (Å²) in [7, 11) is -5.98. The van der Waals surface area contributed by atoms with E-state index in [9.17, 15) is 36.3 Å². The molecule has 210 valence electrons. The number of phenols is 1. The van der Waals surface area contributed by atoms with Crippen LogP contribution in [0, 0.1) is 0 Å². The molecule has 0 radical (unpaired) electrons. The van der Waals surface area contributed by atoms with Crippen LogP contribution in [0.5, 0.6) is 23.0 Å². The number of esters is 2. The van der Waals surface area contributed by atoms with E-state index >= 15 is 0 Å². The smallest absolute Gasteiger partial charge is 0.508 e. The van der Waals surface area contributed by atoms with Crippen LogP contribution in [0.3, 0.4) is 0 Å². The first-order valence-electron chi connectivity index (χ1n) is 11.8. The quantitative estimate of drug-likeness (QED) is 0.257. The van der Waals surface area contributed by atoms with Crippen molar-refractivity contribution in [2.75, 3.05) is 0 Å². The van der Waals surface area contributed by atoms with Crippen LogP contribution >= 0.6 is 0 Å². The molecule has 1 unspecified atom stereocenters. The van der Waals surface area contributed by atoms with E-state index in [4.69, 9.17) is 14.2 Å². The lowest BCUT2D eigenvalue weighted by Gasteiger charge is -2.36. The third-order valence-corrected chi connectivity index (χ3v) is 7.06. The molecule has 9 nitrogen and oxygen atoms in total. The maximum atomic E-state index is 13.1. The van der Waals surface area contributed by atoms with E-state index in [0.29, 0.717) is 11.1 Å². The van der Waals surface area contributed by atoms with Crippen molar-refractivity contribution in [1.82, 2.24) is 0 Å².